The Morgan fingerprint density at radius 3 is 2.79 bits per heavy atom. The van der Waals surface area contributed by atoms with Crippen LogP contribution < -0.4 is 10.1 Å². The first-order valence-electron chi connectivity index (χ1n) is 8.65. The number of nitrogens with one attached hydrogen (secondary N) is 1. The quantitative estimate of drug-likeness (QED) is 0.578. The van der Waals surface area contributed by atoms with Gasteiger partial charge in [-0.3, -0.25) is 9.59 Å². The zero-order valence-corrected chi connectivity index (χ0v) is 16.2. The Morgan fingerprint density at radius 2 is 2.04 bits per heavy atom. The molecular weight excluding hydrogens is 382 g/mol. The lowest BCUT2D eigenvalue weighted by molar-refractivity contribution is -0.148. The summed E-state index contributed by atoms with van der Waals surface area (Å²) in [5, 5.41) is 12.3. The number of amides is 1. The minimum atomic E-state index is -0.735. The number of nitrogens with zero attached hydrogens (tertiary/aromatic N) is 2. The zero-order valence-electron chi connectivity index (χ0n) is 15.4. The lowest BCUT2D eigenvalue weighted by Crippen LogP contribution is -2.31. The van der Waals surface area contributed by atoms with Crippen molar-refractivity contribution in [3.8, 4) is 16.5 Å². The largest absolute Gasteiger partial charge is 0.493 e. The fourth-order valence-corrected chi connectivity index (χ4v) is 3.02. The lowest BCUT2D eigenvalue weighted by Gasteiger charge is -2.12. The van der Waals surface area contributed by atoms with Crippen LogP contribution in [0.25, 0.3) is 10.8 Å². The molecule has 0 aliphatic heterocycles. The van der Waals surface area contributed by atoms with Crippen molar-refractivity contribution < 1.29 is 23.5 Å². The van der Waals surface area contributed by atoms with E-state index < -0.39 is 18.0 Å². The molecule has 2 aromatic heterocycles. The number of ether oxygens (including phenoxy) is 2. The van der Waals surface area contributed by atoms with Gasteiger partial charge >= 0.3 is 5.97 Å². The summed E-state index contributed by atoms with van der Waals surface area (Å²) in [5.41, 5.74) is 0.350. The molecule has 1 N–H and O–H groups in total. The fraction of sp³-hybridized carbons (Fsp3) is 0.263. The van der Waals surface area contributed by atoms with Crippen molar-refractivity contribution in [2.24, 2.45) is 0 Å². The SMILES string of the molecule is CCOc1ccccc1C(=O)NCC(=O)OC(C)c1nnc(-c2cccs2)o1. The minimum absolute atomic E-state index is 0.185. The molecule has 1 atom stereocenters. The Labute approximate surface area is 165 Å². The van der Waals surface area contributed by atoms with E-state index in [0.29, 0.717) is 23.8 Å². The maximum Gasteiger partial charge on any atom is 0.326 e. The Balaban J connectivity index is 1.53. The molecule has 0 aliphatic rings. The average Bonchev–Trinajstić information content (AvgIpc) is 3.38. The second-order valence-electron chi connectivity index (χ2n) is 5.67. The van der Waals surface area contributed by atoms with Gasteiger partial charge in [0.05, 0.1) is 17.0 Å². The van der Waals surface area contributed by atoms with Gasteiger partial charge in [-0.15, -0.1) is 21.5 Å². The maximum atomic E-state index is 12.3. The number of aromatic nitrogens is 2. The van der Waals surface area contributed by atoms with Crippen molar-refractivity contribution in [1.29, 1.82) is 0 Å². The third kappa shape index (κ3) is 4.74. The predicted octanol–water partition coefficient (Wildman–Crippen LogP) is 3.23. The summed E-state index contributed by atoms with van der Waals surface area (Å²) < 4.78 is 16.2. The van der Waals surface area contributed by atoms with E-state index in [1.807, 2.05) is 24.4 Å². The molecule has 0 bridgehead atoms. The van der Waals surface area contributed by atoms with Gasteiger partial charge < -0.3 is 19.2 Å². The van der Waals surface area contributed by atoms with E-state index in [0.717, 1.165) is 4.88 Å². The van der Waals surface area contributed by atoms with Crippen LogP contribution in [0.5, 0.6) is 5.75 Å². The summed E-state index contributed by atoms with van der Waals surface area (Å²) in [4.78, 5) is 25.2. The van der Waals surface area contributed by atoms with Gasteiger partial charge in [0.1, 0.15) is 12.3 Å². The molecule has 0 spiro atoms. The van der Waals surface area contributed by atoms with Crippen molar-refractivity contribution in [2.75, 3.05) is 13.2 Å². The normalized spacial score (nSPS) is 11.6. The Hall–Kier alpha value is -3.20. The van der Waals surface area contributed by atoms with Crippen LogP contribution in [-0.2, 0) is 9.53 Å². The lowest BCUT2D eigenvalue weighted by atomic mass is 10.2. The molecular formula is C19H19N3O5S. The first-order chi connectivity index (χ1) is 13.6. The highest BCUT2D eigenvalue weighted by molar-refractivity contribution is 7.13. The second kappa shape index (κ2) is 9.14. The summed E-state index contributed by atoms with van der Waals surface area (Å²) in [5.74, 6) is -0.0354. The van der Waals surface area contributed by atoms with E-state index in [1.54, 1.807) is 31.2 Å². The van der Waals surface area contributed by atoms with Crippen molar-refractivity contribution in [2.45, 2.75) is 20.0 Å². The first-order valence-corrected chi connectivity index (χ1v) is 9.53. The Bertz CT molecular complexity index is 939. The molecule has 0 saturated heterocycles. The van der Waals surface area contributed by atoms with Crippen molar-refractivity contribution in [3.63, 3.8) is 0 Å². The summed E-state index contributed by atoms with van der Waals surface area (Å²) >= 11 is 1.47. The molecule has 1 amide bonds. The second-order valence-corrected chi connectivity index (χ2v) is 6.61. The van der Waals surface area contributed by atoms with Gasteiger partial charge in [-0.1, -0.05) is 18.2 Å². The van der Waals surface area contributed by atoms with Crippen molar-refractivity contribution in [1.82, 2.24) is 15.5 Å². The van der Waals surface area contributed by atoms with Crippen LogP contribution >= 0.6 is 11.3 Å². The van der Waals surface area contributed by atoms with Gasteiger partial charge in [0.15, 0.2) is 6.10 Å². The van der Waals surface area contributed by atoms with Gasteiger partial charge in [0.2, 0.25) is 0 Å². The number of benzene rings is 1. The van der Waals surface area contributed by atoms with Gasteiger partial charge in [-0.25, -0.2) is 0 Å². The Kier molecular flexibility index (Phi) is 6.38. The number of thiophene rings is 1. The molecule has 3 aromatic rings. The molecule has 9 heteroatoms. The van der Waals surface area contributed by atoms with Crippen LogP contribution in [-0.4, -0.2) is 35.2 Å². The molecule has 0 fully saturated rings. The summed E-state index contributed by atoms with van der Waals surface area (Å²) in [6.07, 6.45) is -0.735. The van der Waals surface area contributed by atoms with Crippen molar-refractivity contribution in [3.05, 3.63) is 53.2 Å². The molecule has 8 nitrogen and oxygen atoms in total. The highest BCUT2D eigenvalue weighted by atomic mass is 32.1. The zero-order chi connectivity index (χ0) is 19.9. The molecule has 146 valence electrons. The number of hydrogen-bond acceptors (Lipinski definition) is 8. The Morgan fingerprint density at radius 1 is 1.21 bits per heavy atom. The van der Waals surface area contributed by atoms with E-state index >= 15 is 0 Å². The van der Waals surface area contributed by atoms with Crippen LogP contribution in [0, 0.1) is 0 Å². The molecule has 0 aliphatic carbocycles. The molecule has 1 aromatic carbocycles. The number of carbonyl (C=O) groups is 2. The van der Waals surface area contributed by atoms with Crippen LogP contribution in [0.15, 0.2) is 46.2 Å². The van der Waals surface area contributed by atoms with Gasteiger partial charge in [-0.2, -0.15) is 0 Å². The maximum absolute atomic E-state index is 12.3. The highest BCUT2D eigenvalue weighted by Gasteiger charge is 2.20. The van der Waals surface area contributed by atoms with Gasteiger partial charge in [0.25, 0.3) is 17.7 Å². The van der Waals surface area contributed by atoms with Crippen LogP contribution in [0.4, 0.5) is 0 Å². The van der Waals surface area contributed by atoms with E-state index in [2.05, 4.69) is 15.5 Å². The molecule has 0 radical (unpaired) electrons. The van der Waals surface area contributed by atoms with Gasteiger partial charge in [-0.05, 0) is 37.4 Å². The summed E-state index contributed by atoms with van der Waals surface area (Å²) in [6, 6.07) is 10.5. The van der Waals surface area contributed by atoms with Crippen LogP contribution in [0.2, 0.25) is 0 Å². The highest BCUT2D eigenvalue weighted by Crippen LogP contribution is 2.25. The van der Waals surface area contributed by atoms with Crippen LogP contribution in [0.3, 0.4) is 0 Å². The topological polar surface area (TPSA) is 104 Å². The number of carbonyl (C=O) groups excluding carboxylic acids is 2. The number of rotatable bonds is 8. The van der Waals surface area contributed by atoms with E-state index in [9.17, 15) is 9.59 Å². The monoisotopic (exact) mass is 401 g/mol. The predicted molar refractivity (Wildman–Crippen MR) is 102 cm³/mol. The number of para-hydroxylation sites is 1. The molecule has 1 unspecified atom stereocenters. The van der Waals surface area contributed by atoms with Crippen LogP contribution in [0.1, 0.15) is 36.2 Å². The summed E-state index contributed by atoms with van der Waals surface area (Å²) in [7, 11) is 0. The molecule has 3 rings (SSSR count). The van der Waals surface area contributed by atoms with E-state index in [-0.39, 0.29) is 12.4 Å². The van der Waals surface area contributed by atoms with Crippen molar-refractivity contribution >= 4 is 23.2 Å². The minimum Gasteiger partial charge on any atom is -0.493 e. The van der Waals surface area contributed by atoms with Gasteiger partial charge in [0, 0.05) is 0 Å². The number of hydrogen-bond donors (Lipinski definition) is 1. The van der Waals surface area contributed by atoms with E-state index in [4.69, 9.17) is 13.9 Å². The smallest absolute Gasteiger partial charge is 0.326 e. The third-order valence-corrected chi connectivity index (χ3v) is 4.51. The van der Waals surface area contributed by atoms with E-state index in [1.165, 1.54) is 11.3 Å². The molecule has 28 heavy (non-hydrogen) atoms. The number of esters is 1. The summed E-state index contributed by atoms with van der Waals surface area (Å²) in [6.45, 7) is 3.59. The standard InChI is InChI=1S/C19H19N3O5S/c1-3-25-14-8-5-4-7-13(14)17(24)20-11-16(23)26-12(2)18-21-22-19(27-18)15-9-6-10-28-15/h4-10,12H,3,11H2,1-2H3,(H,20,24). The third-order valence-electron chi connectivity index (χ3n) is 3.65. The average molecular weight is 401 g/mol. The first kappa shape index (κ1) is 19.6. The fourth-order valence-electron chi connectivity index (χ4n) is 2.37. The molecule has 2 heterocycles. The molecule has 0 saturated carbocycles.